The van der Waals surface area contributed by atoms with Crippen LogP contribution in [-0.4, -0.2) is 40.1 Å². The van der Waals surface area contributed by atoms with Crippen LogP contribution in [0.3, 0.4) is 0 Å². The zero-order chi connectivity index (χ0) is 14.5. The molecule has 1 atom stereocenters. The summed E-state index contributed by atoms with van der Waals surface area (Å²) in [6.07, 6.45) is 5.14. The Labute approximate surface area is 121 Å². The van der Waals surface area contributed by atoms with Crippen molar-refractivity contribution >= 4 is 6.03 Å². The molecule has 1 fully saturated rings. The van der Waals surface area contributed by atoms with Crippen molar-refractivity contribution in [3.05, 3.63) is 17.7 Å². The van der Waals surface area contributed by atoms with Crippen molar-refractivity contribution in [3.63, 3.8) is 0 Å². The summed E-state index contributed by atoms with van der Waals surface area (Å²) in [4.78, 5) is 18.3. The topological polar surface area (TPSA) is 50.2 Å². The summed E-state index contributed by atoms with van der Waals surface area (Å²) in [6, 6.07) is 0.0723. The Balaban J connectivity index is 1.93. The van der Waals surface area contributed by atoms with Gasteiger partial charge in [-0.3, -0.25) is 0 Å². The predicted molar refractivity (Wildman–Crippen MR) is 79.7 cm³/mol. The lowest BCUT2D eigenvalue weighted by molar-refractivity contribution is 0.207. The van der Waals surface area contributed by atoms with Crippen LogP contribution in [0.5, 0.6) is 0 Å². The lowest BCUT2D eigenvalue weighted by Crippen LogP contribution is -2.38. The number of urea groups is 1. The Kier molecular flexibility index (Phi) is 5.04. The molecule has 1 aromatic rings. The van der Waals surface area contributed by atoms with Crippen LogP contribution in [0.15, 0.2) is 6.20 Å². The molecule has 1 aliphatic heterocycles. The first-order valence-electron chi connectivity index (χ1n) is 7.69. The summed E-state index contributed by atoms with van der Waals surface area (Å²) in [5.41, 5.74) is 1.24. The van der Waals surface area contributed by atoms with Gasteiger partial charge in [0, 0.05) is 44.5 Å². The van der Waals surface area contributed by atoms with Gasteiger partial charge in [-0.1, -0.05) is 6.92 Å². The van der Waals surface area contributed by atoms with E-state index in [1.807, 2.05) is 18.0 Å². The summed E-state index contributed by atoms with van der Waals surface area (Å²) >= 11 is 0. The van der Waals surface area contributed by atoms with Crippen LogP contribution >= 0.6 is 0 Å². The molecule has 0 spiro atoms. The van der Waals surface area contributed by atoms with Gasteiger partial charge in [0.1, 0.15) is 5.82 Å². The molecule has 1 unspecified atom stereocenters. The van der Waals surface area contributed by atoms with E-state index in [2.05, 4.69) is 28.7 Å². The molecular formula is C15H26N4O. The number of nitrogens with zero attached hydrogens (tertiary/aromatic N) is 3. The normalized spacial score (nSPS) is 18.6. The molecule has 1 aliphatic rings. The first-order chi connectivity index (χ1) is 9.65. The van der Waals surface area contributed by atoms with Gasteiger partial charge in [0.25, 0.3) is 0 Å². The molecule has 1 saturated heterocycles. The third-order valence-electron chi connectivity index (χ3n) is 3.96. The minimum atomic E-state index is 0.0723. The maximum absolute atomic E-state index is 11.8. The van der Waals surface area contributed by atoms with E-state index in [1.165, 1.54) is 11.5 Å². The van der Waals surface area contributed by atoms with Crippen LogP contribution in [0.1, 0.15) is 38.2 Å². The van der Waals surface area contributed by atoms with E-state index in [0.29, 0.717) is 12.5 Å². The highest BCUT2D eigenvalue weighted by molar-refractivity contribution is 5.74. The van der Waals surface area contributed by atoms with E-state index < -0.39 is 0 Å². The number of aromatic nitrogens is 2. The number of aryl methyl sites for hydroxylation is 1. The fourth-order valence-corrected chi connectivity index (χ4v) is 2.91. The van der Waals surface area contributed by atoms with Crippen LogP contribution in [0.25, 0.3) is 0 Å². The maximum Gasteiger partial charge on any atom is 0.317 e. The smallest absolute Gasteiger partial charge is 0.317 e. The number of likely N-dealkylation sites (tertiary alicyclic amines) is 1. The highest BCUT2D eigenvalue weighted by Gasteiger charge is 2.27. The summed E-state index contributed by atoms with van der Waals surface area (Å²) < 4.78 is 2.31. The average Bonchev–Trinajstić information content (AvgIpc) is 3.01. The summed E-state index contributed by atoms with van der Waals surface area (Å²) in [5, 5.41) is 2.87. The molecule has 0 saturated carbocycles. The number of carbonyl (C=O) groups excluding carboxylic acids is 1. The number of rotatable bonds is 5. The number of imidazole rings is 1. The monoisotopic (exact) mass is 278 g/mol. The van der Waals surface area contributed by atoms with Crippen molar-refractivity contribution in [2.24, 2.45) is 5.92 Å². The summed E-state index contributed by atoms with van der Waals surface area (Å²) in [6.45, 7) is 9.70. The van der Waals surface area contributed by atoms with Gasteiger partial charge < -0.3 is 14.8 Å². The van der Waals surface area contributed by atoms with Crippen LogP contribution in [0, 0.1) is 12.8 Å². The van der Waals surface area contributed by atoms with Crippen molar-refractivity contribution < 1.29 is 4.79 Å². The molecule has 1 N–H and O–H groups in total. The Morgan fingerprint density at radius 2 is 2.30 bits per heavy atom. The number of amides is 2. The van der Waals surface area contributed by atoms with E-state index in [0.717, 1.165) is 38.9 Å². The van der Waals surface area contributed by atoms with Gasteiger partial charge >= 0.3 is 6.03 Å². The number of hydrogen-bond acceptors (Lipinski definition) is 2. The van der Waals surface area contributed by atoms with E-state index in [4.69, 9.17) is 0 Å². The van der Waals surface area contributed by atoms with E-state index >= 15 is 0 Å². The van der Waals surface area contributed by atoms with E-state index in [-0.39, 0.29) is 6.03 Å². The van der Waals surface area contributed by atoms with Gasteiger partial charge in [-0.05, 0) is 32.6 Å². The fourth-order valence-electron chi connectivity index (χ4n) is 2.91. The van der Waals surface area contributed by atoms with Gasteiger partial charge in [-0.15, -0.1) is 0 Å². The van der Waals surface area contributed by atoms with Crippen molar-refractivity contribution in [3.8, 4) is 0 Å². The molecule has 0 bridgehead atoms. The lowest BCUT2D eigenvalue weighted by atomic mass is 10.0. The quantitative estimate of drug-likeness (QED) is 0.897. The van der Waals surface area contributed by atoms with Crippen LogP contribution in [0.2, 0.25) is 0 Å². The third-order valence-corrected chi connectivity index (χ3v) is 3.96. The molecule has 20 heavy (non-hydrogen) atoms. The molecule has 2 heterocycles. The van der Waals surface area contributed by atoms with Crippen molar-refractivity contribution in [1.29, 1.82) is 0 Å². The average molecular weight is 278 g/mol. The Morgan fingerprint density at radius 1 is 1.50 bits per heavy atom. The molecule has 1 aromatic heterocycles. The Hall–Kier alpha value is -1.52. The number of carbonyl (C=O) groups is 1. The van der Waals surface area contributed by atoms with Crippen molar-refractivity contribution in [2.45, 2.75) is 46.6 Å². The highest BCUT2D eigenvalue weighted by atomic mass is 16.2. The molecule has 0 aliphatic carbocycles. The minimum Gasteiger partial charge on any atom is -0.338 e. The molecule has 5 heteroatoms. The Bertz CT molecular complexity index is 455. The molecule has 2 amide bonds. The zero-order valence-corrected chi connectivity index (χ0v) is 12.9. The number of nitrogens with one attached hydrogen (secondary N) is 1. The second-order valence-electron chi connectivity index (χ2n) is 5.61. The third kappa shape index (κ3) is 3.32. The van der Waals surface area contributed by atoms with Crippen molar-refractivity contribution in [2.75, 3.05) is 19.6 Å². The SMILES string of the molecule is CCCn1c(C)cnc1CC1CCN(C(=O)NCC)C1. The van der Waals surface area contributed by atoms with Gasteiger partial charge in [0.15, 0.2) is 0 Å². The second-order valence-corrected chi connectivity index (χ2v) is 5.61. The standard InChI is InChI=1S/C15H26N4O/c1-4-7-19-12(3)10-17-14(19)9-13-6-8-18(11-13)15(20)16-5-2/h10,13H,4-9,11H2,1-3H3,(H,16,20). The molecular weight excluding hydrogens is 252 g/mol. The van der Waals surface area contributed by atoms with Gasteiger partial charge in [0.05, 0.1) is 0 Å². The summed E-state index contributed by atoms with van der Waals surface area (Å²) in [7, 11) is 0. The first kappa shape index (κ1) is 14.9. The number of hydrogen-bond donors (Lipinski definition) is 1. The minimum absolute atomic E-state index is 0.0723. The molecule has 0 radical (unpaired) electrons. The van der Waals surface area contributed by atoms with Crippen LogP contribution in [-0.2, 0) is 13.0 Å². The molecule has 2 rings (SSSR count). The highest BCUT2D eigenvalue weighted by Crippen LogP contribution is 2.21. The van der Waals surface area contributed by atoms with Crippen molar-refractivity contribution in [1.82, 2.24) is 19.8 Å². The fraction of sp³-hybridized carbons (Fsp3) is 0.733. The van der Waals surface area contributed by atoms with E-state index in [9.17, 15) is 4.79 Å². The molecule has 112 valence electrons. The summed E-state index contributed by atoms with van der Waals surface area (Å²) in [5.74, 6) is 1.71. The van der Waals surface area contributed by atoms with Gasteiger partial charge in [-0.2, -0.15) is 0 Å². The Morgan fingerprint density at radius 3 is 3.00 bits per heavy atom. The second kappa shape index (κ2) is 6.77. The largest absolute Gasteiger partial charge is 0.338 e. The zero-order valence-electron chi connectivity index (χ0n) is 12.9. The first-order valence-corrected chi connectivity index (χ1v) is 7.69. The van der Waals surface area contributed by atoms with Crippen LogP contribution < -0.4 is 5.32 Å². The van der Waals surface area contributed by atoms with Crippen LogP contribution in [0.4, 0.5) is 4.79 Å². The molecule has 0 aromatic carbocycles. The van der Waals surface area contributed by atoms with Gasteiger partial charge in [0.2, 0.25) is 0 Å². The lowest BCUT2D eigenvalue weighted by Gasteiger charge is -2.17. The maximum atomic E-state index is 11.8. The van der Waals surface area contributed by atoms with E-state index in [1.54, 1.807) is 0 Å². The van der Waals surface area contributed by atoms with Gasteiger partial charge in [-0.25, -0.2) is 9.78 Å². The molecule has 5 nitrogen and oxygen atoms in total. The predicted octanol–water partition coefficient (Wildman–Crippen LogP) is 2.20.